The van der Waals surface area contributed by atoms with Crippen LogP contribution >= 0.6 is 0 Å². The van der Waals surface area contributed by atoms with Crippen molar-refractivity contribution in [1.29, 1.82) is 5.26 Å². The van der Waals surface area contributed by atoms with Gasteiger partial charge in [-0.1, -0.05) is 6.92 Å². The molecular formula is C19H21F6N3O. The molecule has 0 saturated carbocycles. The molecule has 29 heavy (non-hydrogen) atoms. The molecule has 0 aromatic heterocycles. The van der Waals surface area contributed by atoms with Gasteiger partial charge in [0.2, 0.25) is 5.91 Å². The van der Waals surface area contributed by atoms with E-state index < -0.39 is 47.7 Å². The Hall–Kier alpha value is -2.44. The topological polar surface area (TPSA) is 47.3 Å². The molecule has 1 aliphatic rings. The van der Waals surface area contributed by atoms with Crippen LogP contribution in [0.1, 0.15) is 43.7 Å². The van der Waals surface area contributed by atoms with Gasteiger partial charge in [-0.15, -0.1) is 0 Å². The maximum Gasteiger partial charge on any atom is 0.417 e. The van der Waals surface area contributed by atoms with E-state index >= 15 is 0 Å². The van der Waals surface area contributed by atoms with E-state index in [2.05, 4.69) is 0 Å². The Morgan fingerprint density at radius 2 is 1.79 bits per heavy atom. The molecule has 0 bridgehead atoms. The number of piperidine rings is 1. The fourth-order valence-corrected chi connectivity index (χ4v) is 3.47. The summed E-state index contributed by atoms with van der Waals surface area (Å²) in [6.45, 7) is 0.769. The molecule has 1 aliphatic heterocycles. The summed E-state index contributed by atoms with van der Waals surface area (Å²) in [6.07, 6.45) is -7.28. The van der Waals surface area contributed by atoms with Gasteiger partial charge < -0.3 is 9.80 Å². The van der Waals surface area contributed by atoms with Crippen LogP contribution in [0.4, 0.5) is 32.0 Å². The van der Waals surface area contributed by atoms with Crippen LogP contribution in [0.2, 0.25) is 0 Å². The third-order valence-electron chi connectivity index (χ3n) is 4.83. The molecule has 0 N–H and O–H groups in total. The normalized spacial score (nSPS) is 16.3. The Labute approximate surface area is 164 Å². The van der Waals surface area contributed by atoms with Crippen molar-refractivity contribution in [2.45, 2.75) is 51.0 Å². The first-order valence-corrected chi connectivity index (χ1v) is 9.21. The second-order valence-electron chi connectivity index (χ2n) is 6.89. The van der Waals surface area contributed by atoms with Crippen molar-refractivity contribution in [3.05, 3.63) is 29.3 Å². The second-order valence-corrected chi connectivity index (χ2v) is 6.89. The van der Waals surface area contributed by atoms with Crippen molar-refractivity contribution in [2.24, 2.45) is 0 Å². The SMILES string of the molecule is CCC(C(=O)N1CCCCC1)N(CC(F)(F)F)c1ccc(C#N)c(C(F)(F)F)c1. The number of halogens is 6. The van der Waals surface area contributed by atoms with Crippen LogP contribution in [0.5, 0.6) is 0 Å². The molecule has 160 valence electrons. The summed E-state index contributed by atoms with van der Waals surface area (Å²) in [5.74, 6) is -0.533. The van der Waals surface area contributed by atoms with E-state index in [0.29, 0.717) is 24.1 Å². The van der Waals surface area contributed by atoms with Crippen LogP contribution in [0.15, 0.2) is 18.2 Å². The van der Waals surface area contributed by atoms with Gasteiger partial charge in [0.05, 0.1) is 17.2 Å². The van der Waals surface area contributed by atoms with E-state index in [0.717, 1.165) is 31.4 Å². The highest BCUT2D eigenvalue weighted by atomic mass is 19.4. The summed E-state index contributed by atoms with van der Waals surface area (Å²) in [5, 5.41) is 8.91. The zero-order valence-electron chi connectivity index (χ0n) is 15.8. The number of anilines is 1. The van der Waals surface area contributed by atoms with Gasteiger partial charge in [-0.3, -0.25) is 4.79 Å². The van der Waals surface area contributed by atoms with Crippen LogP contribution in [-0.2, 0) is 11.0 Å². The maximum atomic E-state index is 13.3. The van der Waals surface area contributed by atoms with Gasteiger partial charge >= 0.3 is 12.4 Å². The van der Waals surface area contributed by atoms with Crippen LogP contribution in [-0.4, -0.2) is 42.7 Å². The number of carbonyl (C=O) groups excluding carboxylic acids is 1. The van der Waals surface area contributed by atoms with E-state index in [-0.39, 0.29) is 6.42 Å². The number of amides is 1. The van der Waals surface area contributed by atoms with Gasteiger partial charge in [-0.05, 0) is 43.9 Å². The van der Waals surface area contributed by atoms with Crippen molar-refractivity contribution in [1.82, 2.24) is 4.90 Å². The monoisotopic (exact) mass is 421 g/mol. The first-order chi connectivity index (χ1) is 13.5. The average molecular weight is 421 g/mol. The molecule has 4 nitrogen and oxygen atoms in total. The largest absolute Gasteiger partial charge is 0.417 e. The van der Waals surface area contributed by atoms with Gasteiger partial charge in [0.15, 0.2) is 0 Å². The average Bonchev–Trinajstić information content (AvgIpc) is 2.66. The zero-order chi connectivity index (χ0) is 21.8. The fraction of sp³-hybridized carbons (Fsp3) is 0.579. The smallest absolute Gasteiger partial charge is 0.350 e. The molecule has 1 aromatic rings. The van der Waals surface area contributed by atoms with Crippen molar-refractivity contribution in [3.63, 3.8) is 0 Å². The molecule has 1 heterocycles. The molecule has 1 fully saturated rings. The van der Waals surface area contributed by atoms with E-state index in [1.54, 1.807) is 0 Å². The van der Waals surface area contributed by atoms with E-state index in [9.17, 15) is 31.1 Å². The molecule has 0 radical (unpaired) electrons. The summed E-state index contributed by atoms with van der Waals surface area (Å²) >= 11 is 0. The van der Waals surface area contributed by atoms with E-state index in [4.69, 9.17) is 5.26 Å². The van der Waals surface area contributed by atoms with Crippen LogP contribution in [0.3, 0.4) is 0 Å². The van der Waals surface area contributed by atoms with Gasteiger partial charge in [0.25, 0.3) is 0 Å². The van der Waals surface area contributed by atoms with Crippen molar-refractivity contribution in [2.75, 3.05) is 24.5 Å². The summed E-state index contributed by atoms with van der Waals surface area (Å²) in [4.78, 5) is 15.0. The first-order valence-electron chi connectivity index (χ1n) is 9.21. The van der Waals surface area contributed by atoms with Crippen molar-refractivity contribution >= 4 is 11.6 Å². The quantitative estimate of drug-likeness (QED) is 0.646. The third-order valence-corrected chi connectivity index (χ3v) is 4.83. The van der Waals surface area contributed by atoms with E-state index in [1.807, 2.05) is 0 Å². The molecule has 0 spiro atoms. The molecule has 1 saturated heterocycles. The number of nitriles is 1. The number of rotatable bonds is 5. The molecule has 1 amide bonds. The molecule has 1 aromatic carbocycles. The number of benzene rings is 1. The van der Waals surface area contributed by atoms with Crippen LogP contribution in [0, 0.1) is 11.3 Å². The third kappa shape index (κ3) is 5.78. The Morgan fingerprint density at radius 3 is 2.28 bits per heavy atom. The number of hydrogen-bond acceptors (Lipinski definition) is 3. The molecular weight excluding hydrogens is 400 g/mol. The summed E-state index contributed by atoms with van der Waals surface area (Å²) < 4.78 is 79.5. The Kier molecular flexibility index (Phi) is 7.03. The lowest BCUT2D eigenvalue weighted by Crippen LogP contribution is -2.52. The summed E-state index contributed by atoms with van der Waals surface area (Å²) in [6, 6.07) is 2.50. The molecule has 10 heteroatoms. The number of nitrogens with zero attached hydrogens (tertiary/aromatic N) is 3. The minimum atomic E-state index is -4.91. The Balaban J connectivity index is 2.49. The molecule has 1 atom stereocenters. The number of hydrogen-bond donors (Lipinski definition) is 0. The lowest BCUT2D eigenvalue weighted by Gasteiger charge is -2.37. The second kappa shape index (κ2) is 8.93. The molecule has 2 rings (SSSR count). The minimum absolute atomic E-state index is 0.00718. The standard InChI is InChI=1S/C19H21F6N3O/c1-2-16(17(29)27-8-4-3-5-9-27)28(12-18(20,21)22)14-7-6-13(11-26)15(10-14)19(23,24)25/h6-7,10,16H,2-5,8-9,12H2,1H3. The fourth-order valence-electron chi connectivity index (χ4n) is 3.47. The zero-order valence-corrected chi connectivity index (χ0v) is 15.8. The summed E-state index contributed by atoms with van der Waals surface area (Å²) in [5.41, 5.74) is -2.42. The van der Waals surface area contributed by atoms with Crippen molar-refractivity contribution in [3.8, 4) is 6.07 Å². The highest BCUT2D eigenvalue weighted by Gasteiger charge is 2.39. The predicted octanol–water partition coefficient (Wildman–Crippen LogP) is 4.74. The van der Waals surface area contributed by atoms with Gasteiger partial charge in [0.1, 0.15) is 12.6 Å². The minimum Gasteiger partial charge on any atom is -0.350 e. The highest BCUT2D eigenvalue weighted by Crippen LogP contribution is 2.36. The van der Waals surface area contributed by atoms with Crippen LogP contribution < -0.4 is 4.90 Å². The first kappa shape index (κ1) is 22.8. The number of likely N-dealkylation sites (tertiary alicyclic amines) is 1. The highest BCUT2D eigenvalue weighted by molar-refractivity contribution is 5.85. The van der Waals surface area contributed by atoms with Crippen LogP contribution in [0.25, 0.3) is 0 Å². The number of carbonyl (C=O) groups is 1. The van der Waals surface area contributed by atoms with Gasteiger partial charge in [-0.25, -0.2) is 0 Å². The number of alkyl halides is 6. The molecule has 1 unspecified atom stereocenters. The molecule has 0 aliphatic carbocycles. The van der Waals surface area contributed by atoms with Gasteiger partial charge in [0, 0.05) is 18.8 Å². The van der Waals surface area contributed by atoms with Gasteiger partial charge in [-0.2, -0.15) is 31.6 Å². The Bertz CT molecular complexity index is 763. The summed E-state index contributed by atoms with van der Waals surface area (Å²) in [7, 11) is 0. The van der Waals surface area contributed by atoms with Crippen molar-refractivity contribution < 1.29 is 31.1 Å². The maximum absolute atomic E-state index is 13.3. The Morgan fingerprint density at radius 1 is 1.17 bits per heavy atom. The predicted molar refractivity (Wildman–Crippen MR) is 94.1 cm³/mol. The van der Waals surface area contributed by atoms with E-state index in [1.165, 1.54) is 17.9 Å². The lowest BCUT2D eigenvalue weighted by atomic mass is 10.0. The lowest BCUT2D eigenvalue weighted by molar-refractivity contribution is -0.137.